The van der Waals surface area contributed by atoms with Gasteiger partial charge in [-0.2, -0.15) is 6.42 Å². The van der Waals surface area contributed by atoms with Gasteiger partial charge in [0.1, 0.15) is 5.78 Å². The van der Waals surface area contributed by atoms with Gasteiger partial charge in [-0.05, 0) is 41.9 Å². The first kappa shape index (κ1) is 20.5. The Morgan fingerprint density at radius 2 is 1.56 bits per heavy atom. The largest absolute Gasteiger partial charge is 0.339 e. The van der Waals surface area contributed by atoms with Crippen LogP contribution in [0.2, 0.25) is 0 Å². The summed E-state index contributed by atoms with van der Waals surface area (Å²) in [6.45, 7) is 6.15. The molecular formula is C23H27OY-. The summed E-state index contributed by atoms with van der Waals surface area (Å²) in [5.41, 5.74) is 5.10. The maximum atomic E-state index is 12.5. The van der Waals surface area contributed by atoms with Crippen LogP contribution in [0.5, 0.6) is 0 Å². The van der Waals surface area contributed by atoms with Crippen molar-refractivity contribution in [3.8, 4) is 0 Å². The van der Waals surface area contributed by atoms with Crippen molar-refractivity contribution in [2.75, 3.05) is 0 Å². The average Bonchev–Trinajstić information content (AvgIpc) is 3.02. The van der Waals surface area contributed by atoms with Crippen LogP contribution in [0, 0.1) is 6.92 Å². The number of unbranched alkanes of at least 4 members (excludes halogenated alkanes) is 1. The molecule has 0 spiro atoms. The first-order valence-electron chi connectivity index (χ1n) is 9.22. The normalized spacial score (nSPS) is 19.7. The maximum Gasteiger partial charge on any atom is 0.140 e. The Hall–Kier alpha value is -0.786. The first-order valence-corrected chi connectivity index (χ1v) is 9.22. The van der Waals surface area contributed by atoms with Gasteiger partial charge in [0.15, 0.2) is 0 Å². The van der Waals surface area contributed by atoms with Crippen molar-refractivity contribution in [3.05, 3.63) is 77.7 Å². The number of aryl methyl sites for hydroxylation is 1. The van der Waals surface area contributed by atoms with Crippen LogP contribution in [0.25, 0.3) is 0 Å². The summed E-state index contributed by atoms with van der Waals surface area (Å²) < 4.78 is 0. The van der Waals surface area contributed by atoms with E-state index in [0.717, 1.165) is 19.3 Å². The van der Waals surface area contributed by atoms with Crippen molar-refractivity contribution in [2.24, 2.45) is 0 Å². The third-order valence-corrected chi connectivity index (χ3v) is 5.31. The van der Waals surface area contributed by atoms with E-state index < -0.39 is 0 Å². The zero-order valence-electron chi connectivity index (χ0n) is 15.2. The van der Waals surface area contributed by atoms with E-state index in [9.17, 15) is 4.79 Å². The second-order valence-electron chi connectivity index (χ2n) is 6.93. The summed E-state index contributed by atoms with van der Waals surface area (Å²) in [7, 11) is 0. The molecule has 1 nitrogen and oxygen atoms in total. The van der Waals surface area contributed by atoms with Crippen LogP contribution in [-0.4, -0.2) is 5.78 Å². The SMILES string of the molecule is [CH2-]Cc1ccc(C2CCC(=O)C2c2ccc(CCCC)cc2)cc1.[Y]. The van der Waals surface area contributed by atoms with Gasteiger partial charge in [-0.25, -0.2) is 0 Å². The molecule has 0 N–H and O–H groups in total. The fraction of sp³-hybridized carbons (Fsp3) is 0.391. The van der Waals surface area contributed by atoms with Crippen LogP contribution in [0.4, 0.5) is 0 Å². The minimum atomic E-state index is 0. The Morgan fingerprint density at radius 1 is 0.960 bits per heavy atom. The van der Waals surface area contributed by atoms with Crippen LogP contribution in [0.15, 0.2) is 48.5 Å². The Bertz CT molecular complexity index is 672. The zero-order valence-corrected chi connectivity index (χ0v) is 18.0. The van der Waals surface area contributed by atoms with Gasteiger partial charge in [0.05, 0.1) is 0 Å². The van der Waals surface area contributed by atoms with Gasteiger partial charge in [0, 0.05) is 45.0 Å². The third kappa shape index (κ3) is 4.89. The predicted molar refractivity (Wildman–Crippen MR) is 100 cm³/mol. The van der Waals surface area contributed by atoms with Gasteiger partial charge in [0.25, 0.3) is 0 Å². The first-order chi connectivity index (χ1) is 11.7. The van der Waals surface area contributed by atoms with Crippen LogP contribution >= 0.6 is 0 Å². The molecule has 2 atom stereocenters. The van der Waals surface area contributed by atoms with E-state index in [1.54, 1.807) is 0 Å². The number of rotatable bonds is 6. The van der Waals surface area contributed by atoms with E-state index in [1.165, 1.54) is 35.1 Å². The molecule has 0 aromatic heterocycles. The van der Waals surface area contributed by atoms with E-state index in [0.29, 0.717) is 18.1 Å². The van der Waals surface area contributed by atoms with Crippen LogP contribution in [0.3, 0.4) is 0 Å². The molecule has 1 aliphatic rings. The van der Waals surface area contributed by atoms with Crippen molar-refractivity contribution in [3.63, 3.8) is 0 Å². The van der Waals surface area contributed by atoms with Gasteiger partial charge in [-0.3, -0.25) is 4.79 Å². The average molecular weight is 408 g/mol. The molecule has 1 aliphatic carbocycles. The Balaban J connectivity index is 0.00000225. The van der Waals surface area contributed by atoms with Crippen molar-refractivity contribution >= 4 is 5.78 Å². The molecule has 0 aliphatic heterocycles. The molecular weight excluding hydrogens is 381 g/mol. The summed E-state index contributed by atoms with van der Waals surface area (Å²) in [5.74, 6) is 0.733. The van der Waals surface area contributed by atoms with Crippen LogP contribution < -0.4 is 0 Å². The van der Waals surface area contributed by atoms with E-state index in [4.69, 9.17) is 0 Å². The van der Waals surface area contributed by atoms with E-state index in [2.05, 4.69) is 62.4 Å². The van der Waals surface area contributed by atoms with Crippen molar-refractivity contribution in [1.82, 2.24) is 0 Å². The summed E-state index contributed by atoms with van der Waals surface area (Å²) in [6.07, 6.45) is 6.05. The molecule has 0 bridgehead atoms. The number of carbonyl (C=O) groups excluding carboxylic acids is 1. The smallest absolute Gasteiger partial charge is 0.140 e. The number of carbonyl (C=O) groups is 1. The topological polar surface area (TPSA) is 17.1 Å². The molecule has 2 unspecified atom stereocenters. The van der Waals surface area contributed by atoms with Crippen molar-refractivity contribution < 1.29 is 37.5 Å². The second-order valence-corrected chi connectivity index (χ2v) is 6.93. The fourth-order valence-electron chi connectivity index (χ4n) is 3.83. The predicted octanol–water partition coefficient (Wildman–Crippen LogP) is 5.63. The molecule has 3 rings (SSSR count). The molecule has 1 saturated carbocycles. The Labute approximate surface area is 177 Å². The fourth-order valence-corrected chi connectivity index (χ4v) is 3.83. The molecule has 129 valence electrons. The van der Waals surface area contributed by atoms with Gasteiger partial charge < -0.3 is 6.92 Å². The number of hydrogen-bond donors (Lipinski definition) is 0. The number of hydrogen-bond acceptors (Lipinski definition) is 1. The molecule has 0 saturated heterocycles. The Morgan fingerprint density at radius 3 is 2.16 bits per heavy atom. The van der Waals surface area contributed by atoms with Gasteiger partial charge in [-0.1, -0.05) is 67.4 Å². The molecule has 2 aromatic carbocycles. The Kier molecular flexibility index (Phi) is 8.03. The van der Waals surface area contributed by atoms with Gasteiger partial charge >= 0.3 is 0 Å². The van der Waals surface area contributed by atoms with E-state index in [1.807, 2.05) is 0 Å². The standard InChI is InChI=1S/C23H27O.Y/c1-3-5-6-18-9-13-20(14-10-18)23-21(15-16-22(23)24)19-11-7-17(4-2)8-12-19;/h7-14,21,23H,2-6,15-16H2,1H3;/q-1;. The van der Waals surface area contributed by atoms with Gasteiger partial charge in [-0.15, -0.1) is 0 Å². The molecule has 0 heterocycles. The monoisotopic (exact) mass is 408 g/mol. The van der Waals surface area contributed by atoms with Crippen LogP contribution in [-0.2, 0) is 50.3 Å². The van der Waals surface area contributed by atoms with Gasteiger partial charge in [0.2, 0.25) is 0 Å². The van der Waals surface area contributed by atoms with E-state index >= 15 is 0 Å². The molecule has 2 aromatic rings. The van der Waals surface area contributed by atoms with Crippen molar-refractivity contribution in [2.45, 2.75) is 57.3 Å². The maximum absolute atomic E-state index is 12.5. The summed E-state index contributed by atoms with van der Waals surface area (Å²) in [4.78, 5) is 12.5. The summed E-state index contributed by atoms with van der Waals surface area (Å²) in [6, 6.07) is 17.4. The van der Waals surface area contributed by atoms with Crippen LogP contribution in [0.1, 0.15) is 66.7 Å². The minimum absolute atomic E-state index is 0. The number of Topliss-reactive ketones (excluding diaryl/α,β-unsaturated/α-hetero) is 1. The summed E-state index contributed by atoms with van der Waals surface area (Å²) >= 11 is 0. The summed E-state index contributed by atoms with van der Waals surface area (Å²) in [5, 5.41) is 0. The molecule has 25 heavy (non-hydrogen) atoms. The molecule has 1 radical (unpaired) electrons. The number of benzene rings is 2. The molecule has 2 heteroatoms. The van der Waals surface area contributed by atoms with E-state index in [-0.39, 0.29) is 38.6 Å². The molecule has 1 fully saturated rings. The minimum Gasteiger partial charge on any atom is -0.339 e. The second kappa shape index (κ2) is 9.79. The number of ketones is 1. The zero-order chi connectivity index (χ0) is 16.9. The molecule has 0 amide bonds. The quantitative estimate of drug-likeness (QED) is 0.566. The third-order valence-electron chi connectivity index (χ3n) is 5.31. The van der Waals surface area contributed by atoms with Crippen molar-refractivity contribution in [1.29, 1.82) is 0 Å².